The smallest absolute Gasteiger partial charge is 0.248 e. The van der Waals surface area contributed by atoms with E-state index in [1.807, 2.05) is 41.5 Å². The number of hydrogen-bond donors (Lipinski definition) is 2. The molecule has 6 heteroatoms. The maximum atomic E-state index is 12.7. The zero-order valence-electron chi connectivity index (χ0n) is 14.6. The molecule has 0 radical (unpaired) electrons. The van der Waals surface area contributed by atoms with Gasteiger partial charge in [-0.15, -0.1) is 0 Å². The van der Waals surface area contributed by atoms with Crippen molar-refractivity contribution in [2.24, 2.45) is 5.92 Å². The summed E-state index contributed by atoms with van der Waals surface area (Å²) in [5.41, 5.74) is -0.0763. The van der Waals surface area contributed by atoms with Gasteiger partial charge in [0.2, 0.25) is 17.7 Å². The molecule has 138 valence electrons. The highest BCUT2D eigenvalue weighted by molar-refractivity contribution is 5.79. The highest BCUT2D eigenvalue weighted by Crippen LogP contribution is 2.38. The van der Waals surface area contributed by atoms with Crippen LogP contribution in [0.4, 0.5) is 8.78 Å². The average molecular weight is 336 g/mol. The van der Waals surface area contributed by atoms with Crippen molar-refractivity contribution in [3.8, 4) is 0 Å². The van der Waals surface area contributed by atoms with E-state index in [1.54, 1.807) is 0 Å². The second-order valence-electron chi connectivity index (χ2n) is 7.11. The molecule has 1 saturated carbocycles. The third kappa shape index (κ3) is 12.0. The van der Waals surface area contributed by atoms with Crippen LogP contribution in [-0.2, 0) is 9.59 Å². The van der Waals surface area contributed by atoms with Crippen LogP contribution in [0.3, 0.4) is 0 Å². The van der Waals surface area contributed by atoms with Gasteiger partial charge in [-0.2, -0.15) is 0 Å². The number of alkyl halides is 2. The van der Waals surface area contributed by atoms with Crippen LogP contribution >= 0.6 is 0 Å². The van der Waals surface area contributed by atoms with Crippen molar-refractivity contribution in [3.05, 3.63) is 0 Å². The van der Waals surface area contributed by atoms with Gasteiger partial charge in [0, 0.05) is 36.8 Å². The molecule has 0 spiro atoms. The summed E-state index contributed by atoms with van der Waals surface area (Å²) in [5.74, 6) is -3.23. The molecule has 4 nitrogen and oxygen atoms in total. The third-order valence-corrected chi connectivity index (χ3v) is 3.04. The summed E-state index contributed by atoms with van der Waals surface area (Å²) in [7, 11) is 0. The lowest BCUT2D eigenvalue weighted by Gasteiger charge is -2.19. The maximum Gasteiger partial charge on any atom is 0.248 e. The molecule has 0 aromatic rings. The molecular weight excluding hydrogens is 302 g/mol. The summed E-state index contributed by atoms with van der Waals surface area (Å²) < 4.78 is 25.4. The van der Waals surface area contributed by atoms with Crippen molar-refractivity contribution in [2.75, 3.05) is 0 Å². The van der Waals surface area contributed by atoms with Crippen LogP contribution in [0.2, 0.25) is 0 Å². The van der Waals surface area contributed by atoms with Gasteiger partial charge >= 0.3 is 0 Å². The van der Waals surface area contributed by atoms with E-state index < -0.39 is 11.8 Å². The molecule has 0 heterocycles. The van der Waals surface area contributed by atoms with E-state index in [0.717, 1.165) is 0 Å². The third-order valence-electron chi connectivity index (χ3n) is 3.04. The van der Waals surface area contributed by atoms with E-state index in [0.29, 0.717) is 12.8 Å². The summed E-state index contributed by atoms with van der Waals surface area (Å²) in [5, 5.41) is 5.48. The Hall–Kier alpha value is -1.20. The summed E-state index contributed by atoms with van der Waals surface area (Å²) in [4.78, 5) is 22.0. The van der Waals surface area contributed by atoms with Crippen molar-refractivity contribution in [3.63, 3.8) is 0 Å². The number of amides is 2. The minimum Gasteiger partial charge on any atom is -0.354 e. The van der Waals surface area contributed by atoms with Crippen LogP contribution < -0.4 is 10.6 Å². The summed E-state index contributed by atoms with van der Waals surface area (Å²) in [6, 6.07) is 0.0294. The Labute approximate surface area is 139 Å². The fourth-order valence-electron chi connectivity index (χ4n) is 2.08. The first-order valence-electron chi connectivity index (χ1n) is 7.85. The lowest BCUT2D eigenvalue weighted by Crippen LogP contribution is -2.40. The molecule has 0 aromatic carbocycles. The van der Waals surface area contributed by atoms with E-state index in [4.69, 9.17) is 0 Å². The zero-order valence-corrected chi connectivity index (χ0v) is 14.6. The van der Waals surface area contributed by atoms with Crippen LogP contribution in [0.25, 0.3) is 0 Å². The summed E-state index contributed by atoms with van der Waals surface area (Å²) >= 11 is 0. The number of hydrogen-bond acceptors (Lipinski definition) is 2. The van der Waals surface area contributed by atoms with Gasteiger partial charge in [0.15, 0.2) is 0 Å². The molecule has 2 amide bonds. The second-order valence-corrected chi connectivity index (χ2v) is 7.11. The molecule has 2 N–H and O–H groups in total. The van der Waals surface area contributed by atoms with Crippen molar-refractivity contribution >= 4 is 11.8 Å². The number of carbonyl (C=O) groups excluding carboxylic acids is 2. The lowest BCUT2D eigenvalue weighted by atomic mass is 10.1. The average Bonchev–Trinajstić information content (AvgIpc) is 2.67. The minimum absolute atomic E-state index is 0. The van der Waals surface area contributed by atoms with E-state index in [2.05, 4.69) is 10.6 Å². The van der Waals surface area contributed by atoms with Gasteiger partial charge in [-0.05, 0) is 41.0 Å². The quantitative estimate of drug-likeness (QED) is 0.821. The fraction of sp³-hybridized carbons (Fsp3) is 0.882. The van der Waals surface area contributed by atoms with Crippen molar-refractivity contribution in [2.45, 2.75) is 92.2 Å². The fourth-order valence-corrected chi connectivity index (χ4v) is 2.08. The van der Waals surface area contributed by atoms with E-state index >= 15 is 0 Å². The first-order valence-corrected chi connectivity index (χ1v) is 7.85. The first kappa shape index (κ1) is 24.1. The van der Waals surface area contributed by atoms with Crippen LogP contribution in [-0.4, -0.2) is 29.3 Å². The van der Waals surface area contributed by atoms with Gasteiger partial charge in [-0.1, -0.05) is 14.4 Å². The van der Waals surface area contributed by atoms with Crippen LogP contribution in [0.15, 0.2) is 0 Å². The zero-order chi connectivity index (χ0) is 17.6. The van der Waals surface area contributed by atoms with Crippen LogP contribution in [0, 0.1) is 5.92 Å². The van der Waals surface area contributed by atoms with E-state index in [-0.39, 0.29) is 43.7 Å². The SMILES string of the molecule is C.CC(C)NC(=O)C1CCC(F)(F)C1.CCC(=O)NC(C)(C)C. The van der Waals surface area contributed by atoms with Crippen LogP contribution in [0.1, 0.15) is 74.7 Å². The number of halogens is 2. The van der Waals surface area contributed by atoms with Gasteiger partial charge in [0.1, 0.15) is 0 Å². The molecule has 23 heavy (non-hydrogen) atoms. The number of rotatable bonds is 3. The Morgan fingerprint density at radius 2 is 1.78 bits per heavy atom. The van der Waals surface area contributed by atoms with E-state index in [1.165, 1.54) is 0 Å². The topological polar surface area (TPSA) is 58.2 Å². The van der Waals surface area contributed by atoms with E-state index in [9.17, 15) is 18.4 Å². The molecule has 1 fully saturated rings. The lowest BCUT2D eigenvalue weighted by molar-refractivity contribution is -0.126. The van der Waals surface area contributed by atoms with Gasteiger partial charge in [-0.3, -0.25) is 9.59 Å². The van der Waals surface area contributed by atoms with Crippen molar-refractivity contribution in [1.82, 2.24) is 10.6 Å². The molecule has 0 saturated heterocycles. The highest BCUT2D eigenvalue weighted by Gasteiger charge is 2.42. The highest BCUT2D eigenvalue weighted by atomic mass is 19.3. The Balaban J connectivity index is 0. The molecule has 0 aromatic heterocycles. The standard InChI is InChI=1S/C9H15F2NO.C7H15NO.CH4/c1-6(2)12-8(13)7-3-4-9(10,11)5-7;1-5-6(9)8-7(2,3)4;/h6-7H,3-5H2,1-2H3,(H,12,13);5H2,1-4H3,(H,8,9);1H4. The molecular formula is C17H34F2N2O2. The normalized spacial score (nSPS) is 19.3. The molecule has 0 bridgehead atoms. The second kappa shape index (κ2) is 9.83. The minimum atomic E-state index is -2.63. The monoisotopic (exact) mass is 336 g/mol. The summed E-state index contributed by atoms with van der Waals surface area (Å²) in [6.45, 7) is 11.4. The van der Waals surface area contributed by atoms with Crippen molar-refractivity contribution < 1.29 is 18.4 Å². The first-order chi connectivity index (χ1) is 9.86. The Morgan fingerprint density at radius 1 is 1.26 bits per heavy atom. The Kier molecular flexibility index (Phi) is 10.3. The molecule has 1 rings (SSSR count). The molecule has 1 aliphatic rings. The van der Waals surface area contributed by atoms with Gasteiger partial charge in [0.25, 0.3) is 0 Å². The predicted octanol–water partition coefficient (Wildman–Crippen LogP) is 3.89. The Morgan fingerprint density at radius 3 is 2.04 bits per heavy atom. The van der Waals surface area contributed by atoms with Crippen molar-refractivity contribution in [1.29, 1.82) is 0 Å². The van der Waals surface area contributed by atoms with Gasteiger partial charge < -0.3 is 10.6 Å². The molecule has 0 aliphatic heterocycles. The number of nitrogens with one attached hydrogen (secondary N) is 2. The van der Waals surface area contributed by atoms with Gasteiger partial charge in [0.05, 0.1) is 0 Å². The molecule has 1 atom stereocenters. The molecule has 1 unspecified atom stereocenters. The van der Waals surface area contributed by atoms with Crippen LogP contribution in [0.5, 0.6) is 0 Å². The molecule has 1 aliphatic carbocycles. The predicted molar refractivity (Wildman–Crippen MR) is 90.5 cm³/mol. The summed E-state index contributed by atoms with van der Waals surface area (Å²) in [6.07, 6.45) is 0.442. The maximum absolute atomic E-state index is 12.7. The van der Waals surface area contributed by atoms with Gasteiger partial charge in [-0.25, -0.2) is 8.78 Å². The largest absolute Gasteiger partial charge is 0.354 e. The number of carbonyl (C=O) groups is 2. The Bertz CT molecular complexity index is 377.